The first kappa shape index (κ1) is 12.4. The molecule has 0 aromatic heterocycles. The van der Waals surface area contributed by atoms with Gasteiger partial charge in [0.1, 0.15) is 11.8 Å². The zero-order chi connectivity index (χ0) is 13.1. The second kappa shape index (κ2) is 5.08. The van der Waals surface area contributed by atoms with Gasteiger partial charge in [0.2, 0.25) is 0 Å². The molecule has 0 bridgehead atoms. The van der Waals surface area contributed by atoms with Crippen LogP contribution in [0.2, 0.25) is 0 Å². The average Bonchev–Trinajstić information content (AvgIpc) is 2.72. The molecule has 2 unspecified atom stereocenters. The van der Waals surface area contributed by atoms with Crippen LogP contribution in [0.1, 0.15) is 13.3 Å². The summed E-state index contributed by atoms with van der Waals surface area (Å²) in [6.45, 7) is 2.25. The van der Waals surface area contributed by atoms with Crippen LogP contribution < -0.4 is 4.74 Å². The first-order valence-corrected chi connectivity index (χ1v) is 5.86. The third-order valence-electron chi connectivity index (χ3n) is 3.14. The van der Waals surface area contributed by atoms with E-state index in [1.807, 2.05) is 13.0 Å². The van der Waals surface area contributed by atoms with Gasteiger partial charge in [0.15, 0.2) is 0 Å². The molecule has 1 aliphatic heterocycles. The minimum atomic E-state index is -0.981. The molecular weight excluding hydrogens is 234 g/mol. The Kier molecular flexibility index (Phi) is 3.50. The molecule has 1 fully saturated rings. The molecule has 1 amide bonds. The number of carboxylic acid groups (broad SMARTS) is 1. The number of carbonyl (C=O) groups excluding carboxylic acids is 1. The highest BCUT2D eigenvalue weighted by atomic mass is 16.6. The molecule has 0 saturated carbocycles. The standard InChI is InChI=1S/C13H15NO4/c1-9-7-8-14(11(9)12(15)16)13(17)18-10-5-3-2-4-6-10/h2-6,9,11H,7-8H2,1H3,(H,15,16). The molecule has 5 heteroatoms. The van der Waals surface area contributed by atoms with E-state index in [4.69, 9.17) is 9.84 Å². The van der Waals surface area contributed by atoms with Crippen LogP contribution in [0.4, 0.5) is 4.79 Å². The molecule has 1 aromatic carbocycles. The van der Waals surface area contributed by atoms with Gasteiger partial charge < -0.3 is 9.84 Å². The largest absolute Gasteiger partial charge is 0.480 e. The van der Waals surface area contributed by atoms with Crippen molar-refractivity contribution in [1.82, 2.24) is 4.90 Å². The molecular formula is C13H15NO4. The SMILES string of the molecule is CC1CCN(C(=O)Oc2ccccc2)C1C(=O)O. The van der Waals surface area contributed by atoms with E-state index in [0.29, 0.717) is 18.7 Å². The molecule has 1 saturated heterocycles. The zero-order valence-corrected chi connectivity index (χ0v) is 10.1. The highest BCUT2D eigenvalue weighted by Crippen LogP contribution is 2.25. The lowest BCUT2D eigenvalue weighted by Gasteiger charge is -2.22. The smallest absolute Gasteiger partial charge is 0.415 e. The summed E-state index contributed by atoms with van der Waals surface area (Å²) in [7, 11) is 0. The Morgan fingerprint density at radius 1 is 1.33 bits per heavy atom. The summed E-state index contributed by atoms with van der Waals surface area (Å²) < 4.78 is 5.15. The minimum Gasteiger partial charge on any atom is -0.480 e. The molecule has 1 aliphatic rings. The van der Waals surface area contributed by atoms with E-state index in [1.54, 1.807) is 24.3 Å². The fourth-order valence-electron chi connectivity index (χ4n) is 2.18. The summed E-state index contributed by atoms with van der Waals surface area (Å²) in [6, 6.07) is 7.85. The molecule has 0 aliphatic carbocycles. The van der Waals surface area contributed by atoms with Crippen LogP contribution in [-0.2, 0) is 4.79 Å². The Morgan fingerprint density at radius 2 is 2.00 bits per heavy atom. The molecule has 1 heterocycles. The number of ether oxygens (including phenoxy) is 1. The van der Waals surface area contributed by atoms with Crippen LogP contribution in [0.25, 0.3) is 0 Å². The lowest BCUT2D eigenvalue weighted by atomic mass is 10.0. The fraction of sp³-hybridized carbons (Fsp3) is 0.385. The van der Waals surface area contributed by atoms with Crippen molar-refractivity contribution in [2.24, 2.45) is 5.92 Å². The van der Waals surface area contributed by atoms with E-state index in [9.17, 15) is 9.59 Å². The molecule has 2 atom stereocenters. The first-order valence-electron chi connectivity index (χ1n) is 5.86. The Morgan fingerprint density at radius 3 is 2.61 bits per heavy atom. The van der Waals surface area contributed by atoms with Crippen LogP contribution in [0.3, 0.4) is 0 Å². The molecule has 1 N–H and O–H groups in total. The predicted molar refractivity (Wildman–Crippen MR) is 64.4 cm³/mol. The van der Waals surface area contributed by atoms with Gasteiger partial charge in [-0.3, -0.25) is 4.90 Å². The van der Waals surface area contributed by atoms with E-state index < -0.39 is 18.1 Å². The monoisotopic (exact) mass is 249 g/mol. The third kappa shape index (κ3) is 2.45. The highest BCUT2D eigenvalue weighted by molar-refractivity contribution is 5.82. The second-order valence-corrected chi connectivity index (χ2v) is 4.42. The van der Waals surface area contributed by atoms with Crippen LogP contribution in [0, 0.1) is 5.92 Å². The fourth-order valence-corrected chi connectivity index (χ4v) is 2.18. The summed E-state index contributed by atoms with van der Waals surface area (Å²) in [5.74, 6) is -0.609. The highest BCUT2D eigenvalue weighted by Gasteiger charge is 2.40. The van der Waals surface area contributed by atoms with Crippen molar-refractivity contribution in [2.45, 2.75) is 19.4 Å². The predicted octanol–water partition coefficient (Wildman–Crippen LogP) is 1.98. The Labute approximate surface area is 105 Å². The zero-order valence-electron chi connectivity index (χ0n) is 10.1. The number of para-hydroxylation sites is 1. The second-order valence-electron chi connectivity index (χ2n) is 4.42. The summed E-state index contributed by atoms with van der Waals surface area (Å²) in [6.07, 6.45) is 0.0823. The number of aliphatic carboxylic acids is 1. The van der Waals surface area contributed by atoms with Crippen molar-refractivity contribution in [1.29, 1.82) is 0 Å². The molecule has 18 heavy (non-hydrogen) atoms. The van der Waals surface area contributed by atoms with E-state index in [1.165, 1.54) is 4.90 Å². The number of hydrogen-bond acceptors (Lipinski definition) is 3. The summed E-state index contributed by atoms with van der Waals surface area (Å²) in [4.78, 5) is 24.3. The number of hydrogen-bond donors (Lipinski definition) is 1. The molecule has 0 spiro atoms. The normalized spacial score (nSPS) is 22.8. The van der Waals surface area contributed by atoms with Gasteiger partial charge in [-0.2, -0.15) is 0 Å². The van der Waals surface area contributed by atoms with Crippen molar-refractivity contribution in [3.8, 4) is 5.75 Å². The lowest BCUT2D eigenvalue weighted by Crippen LogP contribution is -2.44. The topological polar surface area (TPSA) is 66.8 Å². The summed E-state index contributed by atoms with van der Waals surface area (Å²) in [5.41, 5.74) is 0. The van der Waals surface area contributed by atoms with Gasteiger partial charge >= 0.3 is 12.1 Å². The quantitative estimate of drug-likeness (QED) is 0.870. The number of likely N-dealkylation sites (tertiary alicyclic amines) is 1. The number of carboxylic acids is 1. The Bertz CT molecular complexity index is 446. The van der Waals surface area contributed by atoms with Gasteiger partial charge in [0.05, 0.1) is 0 Å². The molecule has 2 rings (SSSR count). The maximum atomic E-state index is 11.9. The van der Waals surface area contributed by atoms with Gasteiger partial charge in [-0.15, -0.1) is 0 Å². The maximum absolute atomic E-state index is 11.9. The summed E-state index contributed by atoms with van der Waals surface area (Å²) >= 11 is 0. The number of rotatable bonds is 2. The van der Waals surface area contributed by atoms with E-state index in [2.05, 4.69) is 0 Å². The maximum Gasteiger partial charge on any atom is 0.415 e. The molecule has 5 nitrogen and oxygen atoms in total. The Balaban J connectivity index is 2.07. The van der Waals surface area contributed by atoms with Crippen molar-refractivity contribution in [2.75, 3.05) is 6.54 Å². The lowest BCUT2D eigenvalue weighted by molar-refractivity contribution is -0.142. The average molecular weight is 249 g/mol. The van der Waals surface area contributed by atoms with Crippen LogP contribution in [0.15, 0.2) is 30.3 Å². The van der Waals surface area contributed by atoms with Crippen molar-refractivity contribution in [3.05, 3.63) is 30.3 Å². The summed E-state index contributed by atoms with van der Waals surface area (Å²) in [5, 5.41) is 9.12. The van der Waals surface area contributed by atoms with Crippen molar-refractivity contribution in [3.63, 3.8) is 0 Å². The van der Waals surface area contributed by atoms with Crippen molar-refractivity contribution >= 4 is 12.1 Å². The number of nitrogens with zero attached hydrogens (tertiary/aromatic N) is 1. The number of benzene rings is 1. The van der Waals surface area contributed by atoms with Gasteiger partial charge in [0.25, 0.3) is 0 Å². The number of amides is 1. The van der Waals surface area contributed by atoms with E-state index in [-0.39, 0.29) is 5.92 Å². The van der Waals surface area contributed by atoms with Gasteiger partial charge in [-0.1, -0.05) is 25.1 Å². The van der Waals surface area contributed by atoms with Gasteiger partial charge in [-0.05, 0) is 24.5 Å². The Hall–Kier alpha value is -2.04. The van der Waals surface area contributed by atoms with Gasteiger partial charge in [0, 0.05) is 6.54 Å². The van der Waals surface area contributed by atoms with E-state index >= 15 is 0 Å². The van der Waals surface area contributed by atoms with E-state index in [0.717, 1.165) is 0 Å². The third-order valence-corrected chi connectivity index (χ3v) is 3.14. The number of carbonyl (C=O) groups is 2. The van der Waals surface area contributed by atoms with Crippen LogP contribution in [0.5, 0.6) is 5.75 Å². The first-order chi connectivity index (χ1) is 8.59. The molecule has 96 valence electrons. The van der Waals surface area contributed by atoms with Crippen LogP contribution >= 0.6 is 0 Å². The molecule has 1 aromatic rings. The van der Waals surface area contributed by atoms with Gasteiger partial charge in [-0.25, -0.2) is 9.59 Å². The minimum absolute atomic E-state index is 0.0502. The van der Waals surface area contributed by atoms with Crippen molar-refractivity contribution < 1.29 is 19.4 Å². The van der Waals surface area contributed by atoms with Crippen LogP contribution in [-0.4, -0.2) is 34.7 Å². The molecule has 0 radical (unpaired) electrons.